The lowest BCUT2D eigenvalue weighted by atomic mass is 10.2. The maximum absolute atomic E-state index is 11.8. The maximum atomic E-state index is 11.8. The van der Waals surface area contributed by atoms with Crippen molar-refractivity contribution < 1.29 is 27.4 Å². The van der Waals surface area contributed by atoms with Crippen LogP contribution in [0.2, 0.25) is 0 Å². The van der Waals surface area contributed by atoms with Gasteiger partial charge in [0.2, 0.25) is 0 Å². The molecule has 1 amide bonds. The normalized spacial score (nSPS) is 11.3. The number of carbonyl (C=O) groups is 1. The zero-order valence-electron chi connectivity index (χ0n) is 12.4. The lowest BCUT2D eigenvalue weighted by Gasteiger charge is -2.09. The van der Waals surface area contributed by atoms with Crippen molar-refractivity contribution in [3.05, 3.63) is 29.8 Å². The van der Waals surface area contributed by atoms with Gasteiger partial charge in [0, 0.05) is 12.1 Å². The van der Waals surface area contributed by atoms with E-state index in [0.29, 0.717) is 17.9 Å². The Morgan fingerprint density at radius 2 is 1.86 bits per heavy atom. The number of benzene rings is 1. The van der Waals surface area contributed by atoms with E-state index in [0.717, 1.165) is 12.8 Å². The van der Waals surface area contributed by atoms with Crippen LogP contribution in [0.25, 0.3) is 0 Å². The highest BCUT2D eigenvalue weighted by atomic mass is 19.4. The average molecular weight is 319 g/mol. The van der Waals surface area contributed by atoms with Crippen LogP contribution in [0.3, 0.4) is 0 Å². The van der Waals surface area contributed by atoms with Crippen LogP contribution in [0.5, 0.6) is 5.75 Å². The van der Waals surface area contributed by atoms with Gasteiger partial charge < -0.3 is 14.8 Å². The summed E-state index contributed by atoms with van der Waals surface area (Å²) >= 11 is 0. The van der Waals surface area contributed by atoms with Gasteiger partial charge in [-0.1, -0.05) is 13.3 Å². The van der Waals surface area contributed by atoms with Gasteiger partial charge in [-0.2, -0.15) is 13.2 Å². The summed E-state index contributed by atoms with van der Waals surface area (Å²) in [6.07, 6.45) is -2.35. The summed E-state index contributed by atoms with van der Waals surface area (Å²) in [7, 11) is 0. The molecular formula is C15H20F3NO3. The number of carbonyl (C=O) groups excluding carboxylic acids is 1. The van der Waals surface area contributed by atoms with Crippen LogP contribution in [-0.2, 0) is 4.74 Å². The van der Waals surface area contributed by atoms with E-state index in [4.69, 9.17) is 4.74 Å². The molecule has 4 nitrogen and oxygen atoms in total. The molecular weight excluding hydrogens is 299 g/mol. The summed E-state index contributed by atoms with van der Waals surface area (Å²) in [5.74, 6) is 0.314. The Kier molecular flexibility index (Phi) is 7.73. The SMILES string of the molecule is CCCCOc1ccc(C(=O)NCCOCC(F)(F)F)cc1. The van der Waals surface area contributed by atoms with Gasteiger partial charge in [-0.15, -0.1) is 0 Å². The molecule has 1 aromatic rings. The van der Waals surface area contributed by atoms with Gasteiger partial charge in [0.25, 0.3) is 5.91 Å². The molecule has 1 aromatic carbocycles. The van der Waals surface area contributed by atoms with E-state index in [-0.39, 0.29) is 19.1 Å². The second kappa shape index (κ2) is 9.30. The van der Waals surface area contributed by atoms with Crippen molar-refractivity contribution in [3.8, 4) is 5.75 Å². The largest absolute Gasteiger partial charge is 0.494 e. The molecule has 1 rings (SSSR count). The minimum absolute atomic E-state index is 0.0175. The molecule has 0 aliphatic rings. The Morgan fingerprint density at radius 3 is 2.45 bits per heavy atom. The van der Waals surface area contributed by atoms with Crippen molar-refractivity contribution in [3.63, 3.8) is 0 Å². The van der Waals surface area contributed by atoms with Crippen LogP contribution in [0.15, 0.2) is 24.3 Å². The van der Waals surface area contributed by atoms with Crippen LogP contribution in [0, 0.1) is 0 Å². The molecule has 0 fully saturated rings. The predicted molar refractivity (Wildman–Crippen MR) is 76.1 cm³/mol. The lowest BCUT2D eigenvalue weighted by Crippen LogP contribution is -2.28. The first kappa shape index (κ1) is 18.3. The molecule has 0 atom stereocenters. The van der Waals surface area contributed by atoms with Gasteiger partial charge in [0.05, 0.1) is 13.2 Å². The summed E-state index contributed by atoms with van der Waals surface area (Å²) in [6, 6.07) is 6.58. The van der Waals surface area contributed by atoms with Gasteiger partial charge >= 0.3 is 6.18 Å². The molecule has 1 N–H and O–H groups in total. The molecule has 124 valence electrons. The number of hydrogen-bond donors (Lipinski definition) is 1. The van der Waals surface area contributed by atoms with Crippen LogP contribution in [0.1, 0.15) is 30.1 Å². The second-order valence-corrected chi connectivity index (χ2v) is 4.65. The molecule has 0 spiro atoms. The van der Waals surface area contributed by atoms with E-state index < -0.39 is 12.8 Å². The van der Waals surface area contributed by atoms with Crippen molar-refractivity contribution >= 4 is 5.91 Å². The molecule has 22 heavy (non-hydrogen) atoms. The number of halogens is 3. The molecule has 0 unspecified atom stereocenters. The predicted octanol–water partition coefficient (Wildman–Crippen LogP) is 3.17. The Balaban J connectivity index is 2.27. The summed E-state index contributed by atoms with van der Waals surface area (Å²) in [4.78, 5) is 11.7. The second-order valence-electron chi connectivity index (χ2n) is 4.65. The molecule has 0 saturated carbocycles. The van der Waals surface area contributed by atoms with E-state index >= 15 is 0 Å². The monoisotopic (exact) mass is 319 g/mol. The number of ether oxygens (including phenoxy) is 2. The molecule has 0 aliphatic carbocycles. The van der Waals surface area contributed by atoms with Crippen molar-refractivity contribution in [2.45, 2.75) is 25.9 Å². The minimum atomic E-state index is -4.35. The van der Waals surface area contributed by atoms with E-state index in [1.807, 2.05) is 0 Å². The molecule has 0 aliphatic heterocycles. The summed E-state index contributed by atoms with van der Waals surface area (Å²) in [6.45, 7) is 1.20. The number of unbranched alkanes of at least 4 members (excludes halogenated alkanes) is 1. The fourth-order valence-electron chi connectivity index (χ4n) is 1.56. The molecule has 0 bridgehead atoms. The number of nitrogens with one attached hydrogen (secondary N) is 1. The van der Waals surface area contributed by atoms with Gasteiger partial charge in [-0.3, -0.25) is 4.79 Å². The molecule has 7 heteroatoms. The minimum Gasteiger partial charge on any atom is -0.494 e. The van der Waals surface area contributed by atoms with Gasteiger partial charge in [-0.25, -0.2) is 0 Å². The van der Waals surface area contributed by atoms with Gasteiger partial charge in [-0.05, 0) is 30.7 Å². The van der Waals surface area contributed by atoms with Crippen molar-refractivity contribution in [2.24, 2.45) is 0 Å². The first-order valence-corrected chi connectivity index (χ1v) is 7.08. The summed E-state index contributed by atoms with van der Waals surface area (Å²) in [5, 5.41) is 2.48. The quantitative estimate of drug-likeness (QED) is 0.711. The van der Waals surface area contributed by atoms with Crippen LogP contribution in [-0.4, -0.2) is 38.4 Å². The highest BCUT2D eigenvalue weighted by molar-refractivity contribution is 5.94. The number of hydrogen-bond acceptors (Lipinski definition) is 3. The highest BCUT2D eigenvalue weighted by Gasteiger charge is 2.27. The van der Waals surface area contributed by atoms with Crippen molar-refractivity contribution in [1.29, 1.82) is 0 Å². The molecule has 0 saturated heterocycles. The Hall–Kier alpha value is -1.76. The number of rotatable bonds is 9. The van der Waals surface area contributed by atoms with Crippen LogP contribution >= 0.6 is 0 Å². The van der Waals surface area contributed by atoms with E-state index in [1.165, 1.54) is 0 Å². The average Bonchev–Trinajstić information content (AvgIpc) is 2.46. The molecule has 0 radical (unpaired) electrons. The summed E-state index contributed by atoms with van der Waals surface area (Å²) < 4.78 is 45.4. The standard InChI is InChI=1S/C15H20F3NO3/c1-2-3-9-22-13-6-4-12(5-7-13)14(20)19-8-10-21-11-15(16,17)18/h4-7H,2-3,8-11H2,1H3,(H,19,20). The lowest BCUT2D eigenvalue weighted by molar-refractivity contribution is -0.173. The van der Waals surface area contributed by atoms with Crippen LogP contribution in [0.4, 0.5) is 13.2 Å². The van der Waals surface area contributed by atoms with Crippen molar-refractivity contribution in [1.82, 2.24) is 5.32 Å². The summed E-state index contributed by atoms with van der Waals surface area (Å²) in [5.41, 5.74) is 0.415. The van der Waals surface area contributed by atoms with E-state index in [9.17, 15) is 18.0 Å². The third kappa shape index (κ3) is 7.87. The number of amides is 1. The fourth-order valence-corrected chi connectivity index (χ4v) is 1.56. The third-order valence-electron chi connectivity index (χ3n) is 2.68. The first-order valence-electron chi connectivity index (χ1n) is 7.08. The van der Waals surface area contributed by atoms with E-state index in [2.05, 4.69) is 17.0 Å². The molecule has 0 aromatic heterocycles. The highest BCUT2D eigenvalue weighted by Crippen LogP contribution is 2.14. The topological polar surface area (TPSA) is 47.6 Å². The Morgan fingerprint density at radius 1 is 1.18 bits per heavy atom. The third-order valence-corrected chi connectivity index (χ3v) is 2.68. The maximum Gasteiger partial charge on any atom is 0.411 e. The van der Waals surface area contributed by atoms with E-state index in [1.54, 1.807) is 24.3 Å². The van der Waals surface area contributed by atoms with Gasteiger partial charge in [0.15, 0.2) is 0 Å². The Labute approximate surface area is 127 Å². The Bertz CT molecular complexity index is 446. The number of alkyl halides is 3. The van der Waals surface area contributed by atoms with Gasteiger partial charge in [0.1, 0.15) is 12.4 Å². The van der Waals surface area contributed by atoms with Crippen LogP contribution < -0.4 is 10.1 Å². The zero-order valence-corrected chi connectivity index (χ0v) is 12.4. The first-order chi connectivity index (χ1) is 10.4. The smallest absolute Gasteiger partial charge is 0.411 e. The zero-order chi connectivity index (χ0) is 16.4. The fraction of sp³-hybridized carbons (Fsp3) is 0.533. The van der Waals surface area contributed by atoms with Crippen molar-refractivity contribution in [2.75, 3.05) is 26.4 Å². The molecule has 0 heterocycles.